The van der Waals surface area contributed by atoms with Gasteiger partial charge in [-0.1, -0.05) is 13.0 Å². The zero-order chi connectivity index (χ0) is 12.0. The van der Waals surface area contributed by atoms with Crippen molar-refractivity contribution in [3.8, 4) is 0 Å². The molecule has 1 heterocycles. The summed E-state index contributed by atoms with van der Waals surface area (Å²) in [5.74, 6) is 0.529. The van der Waals surface area contributed by atoms with E-state index in [9.17, 15) is 8.42 Å². The van der Waals surface area contributed by atoms with E-state index in [1.165, 1.54) is 4.88 Å². The van der Waals surface area contributed by atoms with E-state index < -0.39 is 9.84 Å². The predicted octanol–water partition coefficient (Wildman–Crippen LogP) is 2.22. The van der Waals surface area contributed by atoms with Gasteiger partial charge in [-0.15, -0.1) is 11.3 Å². The van der Waals surface area contributed by atoms with Crippen LogP contribution in [-0.4, -0.2) is 26.5 Å². The lowest BCUT2D eigenvalue weighted by atomic mass is 10.2. The van der Waals surface area contributed by atoms with E-state index in [1.807, 2.05) is 6.07 Å². The second kappa shape index (κ2) is 6.37. The van der Waals surface area contributed by atoms with Gasteiger partial charge >= 0.3 is 0 Å². The fourth-order valence-corrected chi connectivity index (χ4v) is 3.02. The highest BCUT2D eigenvalue weighted by atomic mass is 32.2. The summed E-state index contributed by atoms with van der Waals surface area (Å²) in [5.41, 5.74) is 0. The molecule has 0 spiro atoms. The van der Waals surface area contributed by atoms with Crippen LogP contribution in [0, 0.1) is 0 Å². The smallest absolute Gasteiger partial charge is 0.150 e. The lowest BCUT2D eigenvalue weighted by molar-refractivity contribution is 0.565. The van der Waals surface area contributed by atoms with E-state index >= 15 is 0 Å². The molecule has 0 aliphatic rings. The molecule has 0 aromatic carbocycles. The molecule has 1 aromatic heterocycles. The standard InChI is InChI=1S/C11H19NO2S2/c1-3-16(13,14)9-5-7-12-10(2)11-6-4-8-15-11/h4,6,8,10,12H,3,5,7,9H2,1-2H3/t10-/m0/s1. The maximum atomic E-state index is 11.2. The summed E-state index contributed by atoms with van der Waals surface area (Å²) in [6.45, 7) is 4.54. The Morgan fingerprint density at radius 3 is 2.81 bits per heavy atom. The molecular weight excluding hydrogens is 242 g/mol. The van der Waals surface area contributed by atoms with Crippen molar-refractivity contribution in [3.05, 3.63) is 22.4 Å². The van der Waals surface area contributed by atoms with Gasteiger partial charge in [0.25, 0.3) is 0 Å². The number of thiophene rings is 1. The molecule has 0 saturated heterocycles. The van der Waals surface area contributed by atoms with Crippen LogP contribution >= 0.6 is 11.3 Å². The Bertz CT molecular complexity index is 384. The van der Waals surface area contributed by atoms with Crippen LogP contribution in [0.15, 0.2) is 17.5 Å². The van der Waals surface area contributed by atoms with E-state index in [1.54, 1.807) is 18.3 Å². The fourth-order valence-electron chi connectivity index (χ4n) is 1.39. The van der Waals surface area contributed by atoms with E-state index in [4.69, 9.17) is 0 Å². The first-order chi connectivity index (χ1) is 7.55. The van der Waals surface area contributed by atoms with Gasteiger partial charge in [0.2, 0.25) is 0 Å². The maximum absolute atomic E-state index is 11.2. The lowest BCUT2D eigenvalue weighted by Gasteiger charge is -2.11. The average Bonchev–Trinajstić information content (AvgIpc) is 2.77. The van der Waals surface area contributed by atoms with E-state index in [2.05, 4.69) is 23.7 Å². The molecule has 1 aromatic rings. The highest BCUT2D eigenvalue weighted by Gasteiger charge is 2.08. The quantitative estimate of drug-likeness (QED) is 0.766. The first-order valence-electron chi connectivity index (χ1n) is 5.52. The minimum absolute atomic E-state index is 0.244. The van der Waals surface area contributed by atoms with Gasteiger partial charge in [-0.25, -0.2) is 8.42 Å². The van der Waals surface area contributed by atoms with Crippen LogP contribution in [0.2, 0.25) is 0 Å². The Hall–Kier alpha value is -0.390. The van der Waals surface area contributed by atoms with Crippen molar-refractivity contribution < 1.29 is 8.42 Å². The second-order valence-corrected chi connectivity index (χ2v) is 7.23. The van der Waals surface area contributed by atoms with E-state index in [-0.39, 0.29) is 11.5 Å². The summed E-state index contributed by atoms with van der Waals surface area (Å²) in [5, 5.41) is 5.38. The van der Waals surface area contributed by atoms with Crippen molar-refractivity contribution >= 4 is 21.2 Å². The Kier molecular flexibility index (Phi) is 5.44. The fraction of sp³-hybridized carbons (Fsp3) is 0.636. The summed E-state index contributed by atoms with van der Waals surface area (Å²) in [6.07, 6.45) is 0.686. The van der Waals surface area contributed by atoms with Crippen molar-refractivity contribution in [2.24, 2.45) is 0 Å². The monoisotopic (exact) mass is 261 g/mol. The van der Waals surface area contributed by atoms with Gasteiger partial charge in [0.1, 0.15) is 9.84 Å². The molecular formula is C11H19NO2S2. The van der Waals surface area contributed by atoms with Gasteiger partial charge < -0.3 is 5.32 Å². The molecule has 1 atom stereocenters. The van der Waals surface area contributed by atoms with Crippen LogP contribution in [0.1, 0.15) is 31.2 Å². The minimum atomic E-state index is -2.81. The molecule has 1 N–H and O–H groups in total. The summed E-state index contributed by atoms with van der Waals surface area (Å²) in [6, 6.07) is 4.43. The van der Waals surface area contributed by atoms with Crippen LogP contribution in [-0.2, 0) is 9.84 Å². The molecule has 0 aliphatic carbocycles. The number of hydrogen-bond donors (Lipinski definition) is 1. The zero-order valence-corrected chi connectivity index (χ0v) is 11.4. The molecule has 0 saturated carbocycles. The molecule has 0 aliphatic heterocycles. The summed E-state index contributed by atoms with van der Waals surface area (Å²) in [7, 11) is -2.81. The summed E-state index contributed by atoms with van der Waals surface area (Å²) in [4.78, 5) is 1.29. The van der Waals surface area contributed by atoms with Crippen LogP contribution in [0.4, 0.5) is 0 Å². The van der Waals surface area contributed by atoms with Crippen LogP contribution < -0.4 is 5.32 Å². The Balaban J connectivity index is 2.22. The number of nitrogens with one attached hydrogen (secondary N) is 1. The second-order valence-electron chi connectivity index (χ2n) is 3.78. The third kappa shape index (κ3) is 4.63. The first-order valence-corrected chi connectivity index (χ1v) is 8.22. The largest absolute Gasteiger partial charge is 0.309 e. The highest BCUT2D eigenvalue weighted by Crippen LogP contribution is 2.17. The number of sulfone groups is 1. The van der Waals surface area contributed by atoms with Crippen molar-refractivity contribution in [1.29, 1.82) is 0 Å². The zero-order valence-electron chi connectivity index (χ0n) is 9.77. The molecule has 0 radical (unpaired) electrons. The van der Waals surface area contributed by atoms with Gasteiger partial charge in [-0.3, -0.25) is 0 Å². The minimum Gasteiger partial charge on any atom is -0.309 e. The molecule has 3 nitrogen and oxygen atoms in total. The number of hydrogen-bond acceptors (Lipinski definition) is 4. The van der Waals surface area contributed by atoms with Crippen LogP contribution in [0.25, 0.3) is 0 Å². The van der Waals surface area contributed by atoms with Crippen molar-refractivity contribution in [2.45, 2.75) is 26.3 Å². The normalized spacial score (nSPS) is 13.9. The van der Waals surface area contributed by atoms with Gasteiger partial charge in [0, 0.05) is 16.7 Å². The third-order valence-corrected chi connectivity index (χ3v) is 5.34. The average molecular weight is 261 g/mol. The highest BCUT2D eigenvalue weighted by molar-refractivity contribution is 7.91. The SMILES string of the molecule is CCS(=O)(=O)CCCN[C@@H](C)c1cccs1. The van der Waals surface area contributed by atoms with Gasteiger partial charge in [0.05, 0.1) is 5.75 Å². The van der Waals surface area contributed by atoms with Crippen molar-refractivity contribution in [3.63, 3.8) is 0 Å². The molecule has 92 valence electrons. The number of rotatable bonds is 7. The molecule has 0 amide bonds. The third-order valence-electron chi connectivity index (χ3n) is 2.49. The van der Waals surface area contributed by atoms with Crippen molar-refractivity contribution in [1.82, 2.24) is 5.32 Å². The van der Waals surface area contributed by atoms with Gasteiger partial charge in [-0.2, -0.15) is 0 Å². The maximum Gasteiger partial charge on any atom is 0.150 e. The van der Waals surface area contributed by atoms with Crippen molar-refractivity contribution in [2.75, 3.05) is 18.1 Å². The molecule has 1 rings (SSSR count). The lowest BCUT2D eigenvalue weighted by Crippen LogP contribution is -2.21. The molecule has 0 unspecified atom stereocenters. The molecule has 16 heavy (non-hydrogen) atoms. The summed E-state index contributed by atoms with van der Waals surface area (Å²) < 4.78 is 22.5. The molecule has 0 fully saturated rings. The van der Waals surface area contributed by atoms with Crippen LogP contribution in [0.5, 0.6) is 0 Å². The molecule has 0 bridgehead atoms. The van der Waals surface area contributed by atoms with E-state index in [0.717, 1.165) is 6.54 Å². The van der Waals surface area contributed by atoms with E-state index in [0.29, 0.717) is 12.5 Å². The van der Waals surface area contributed by atoms with Gasteiger partial charge in [-0.05, 0) is 31.3 Å². The molecule has 5 heteroatoms. The first kappa shape index (κ1) is 13.7. The van der Waals surface area contributed by atoms with Crippen LogP contribution in [0.3, 0.4) is 0 Å². The Morgan fingerprint density at radius 2 is 2.25 bits per heavy atom. The Morgan fingerprint density at radius 1 is 1.50 bits per heavy atom. The summed E-state index contributed by atoms with van der Waals surface area (Å²) >= 11 is 1.72. The Labute approximate surface area is 102 Å². The topological polar surface area (TPSA) is 46.2 Å². The van der Waals surface area contributed by atoms with Gasteiger partial charge in [0.15, 0.2) is 0 Å². The predicted molar refractivity (Wildman–Crippen MR) is 69.7 cm³/mol.